The number of hydrogen-bond donors (Lipinski definition) is 0. The number of carbonyl (C=O) groups excluding carboxylic acids is 1. The summed E-state index contributed by atoms with van der Waals surface area (Å²) in [6.45, 7) is 6.29. The molecule has 2 heterocycles. The monoisotopic (exact) mass is 396 g/mol. The van der Waals surface area contributed by atoms with Crippen LogP contribution < -0.4 is 0 Å². The highest BCUT2D eigenvalue weighted by Gasteiger charge is 2.25. The summed E-state index contributed by atoms with van der Waals surface area (Å²) in [7, 11) is 0. The Morgan fingerprint density at radius 3 is 2.61 bits per heavy atom. The molecule has 6 nitrogen and oxygen atoms in total. The first-order chi connectivity index (χ1) is 13.6. The molecule has 3 aromatic rings. The molecule has 0 saturated heterocycles. The number of rotatable bonds is 8. The van der Waals surface area contributed by atoms with E-state index in [-0.39, 0.29) is 11.2 Å². The van der Waals surface area contributed by atoms with E-state index in [1.54, 1.807) is 12.4 Å². The van der Waals surface area contributed by atoms with Crippen LogP contribution in [-0.4, -0.2) is 37.6 Å². The molecule has 2 aromatic heterocycles. The van der Waals surface area contributed by atoms with Crippen molar-refractivity contribution in [3.8, 4) is 17.1 Å². The second-order valence-electron chi connectivity index (χ2n) is 6.37. The number of benzene rings is 1. The van der Waals surface area contributed by atoms with Gasteiger partial charge in [0.1, 0.15) is 5.25 Å². The molecule has 0 N–H and O–H groups in total. The van der Waals surface area contributed by atoms with Gasteiger partial charge >= 0.3 is 5.97 Å². The van der Waals surface area contributed by atoms with Crippen LogP contribution in [0, 0.1) is 6.92 Å². The first-order valence-corrected chi connectivity index (χ1v) is 10.3. The lowest BCUT2D eigenvalue weighted by molar-refractivity contribution is -0.142. The van der Waals surface area contributed by atoms with E-state index < -0.39 is 0 Å². The van der Waals surface area contributed by atoms with Crippen LogP contribution in [0.1, 0.15) is 32.3 Å². The molecule has 0 bridgehead atoms. The summed E-state index contributed by atoms with van der Waals surface area (Å²) in [4.78, 5) is 16.6. The molecular formula is C21H24N4O2S. The minimum Gasteiger partial charge on any atom is -0.465 e. The second kappa shape index (κ2) is 9.50. The average molecular weight is 397 g/mol. The van der Waals surface area contributed by atoms with E-state index in [4.69, 9.17) is 4.74 Å². The lowest BCUT2D eigenvalue weighted by Gasteiger charge is -2.15. The number of nitrogens with zero attached hydrogens (tertiary/aromatic N) is 4. The van der Waals surface area contributed by atoms with Crippen LogP contribution in [0.5, 0.6) is 0 Å². The first kappa shape index (κ1) is 20.1. The average Bonchev–Trinajstić information content (AvgIpc) is 3.13. The molecule has 1 atom stereocenters. The highest BCUT2D eigenvalue weighted by Crippen LogP contribution is 2.32. The molecule has 0 aliphatic carbocycles. The van der Waals surface area contributed by atoms with Crippen molar-refractivity contribution < 1.29 is 9.53 Å². The Morgan fingerprint density at radius 1 is 1.18 bits per heavy atom. The van der Waals surface area contributed by atoms with Crippen LogP contribution in [-0.2, 0) is 9.53 Å². The Kier molecular flexibility index (Phi) is 6.81. The standard InChI is InChI=1S/C21H24N4O2S/c1-4-7-18(20(26)27-5-2)28-21-24-23-19(16-8-6-13-22-14-16)25(21)17-11-9-15(3)10-12-17/h6,8-14,18H,4-5,7H2,1-3H3/t18-/m0/s1. The van der Waals surface area contributed by atoms with Gasteiger partial charge in [-0.2, -0.15) is 0 Å². The van der Waals surface area contributed by atoms with Gasteiger partial charge < -0.3 is 4.74 Å². The number of carbonyl (C=O) groups is 1. The van der Waals surface area contributed by atoms with Crippen LogP contribution >= 0.6 is 11.8 Å². The van der Waals surface area contributed by atoms with Gasteiger partial charge in [-0.1, -0.05) is 42.8 Å². The number of esters is 1. The zero-order valence-electron chi connectivity index (χ0n) is 16.3. The fourth-order valence-corrected chi connectivity index (χ4v) is 3.96. The van der Waals surface area contributed by atoms with Crippen LogP contribution in [0.4, 0.5) is 0 Å². The van der Waals surface area contributed by atoms with Gasteiger partial charge in [-0.25, -0.2) is 0 Å². The van der Waals surface area contributed by atoms with Crippen molar-refractivity contribution in [1.82, 2.24) is 19.7 Å². The maximum absolute atomic E-state index is 12.4. The van der Waals surface area contributed by atoms with Gasteiger partial charge in [-0.05, 0) is 44.5 Å². The largest absolute Gasteiger partial charge is 0.465 e. The van der Waals surface area contributed by atoms with Crippen LogP contribution in [0.3, 0.4) is 0 Å². The van der Waals surface area contributed by atoms with E-state index in [1.165, 1.54) is 17.3 Å². The van der Waals surface area contributed by atoms with E-state index in [1.807, 2.05) is 54.8 Å². The Bertz CT molecular complexity index is 910. The molecule has 0 amide bonds. The van der Waals surface area contributed by atoms with Crippen molar-refractivity contribution >= 4 is 17.7 Å². The van der Waals surface area contributed by atoms with E-state index in [9.17, 15) is 4.79 Å². The summed E-state index contributed by atoms with van der Waals surface area (Å²) in [6.07, 6.45) is 5.08. The van der Waals surface area contributed by atoms with Crippen LogP contribution in [0.2, 0.25) is 0 Å². The molecule has 0 unspecified atom stereocenters. The van der Waals surface area contributed by atoms with Crippen molar-refractivity contribution in [3.05, 3.63) is 54.4 Å². The quantitative estimate of drug-likeness (QED) is 0.413. The molecule has 0 fully saturated rings. The number of ether oxygens (including phenoxy) is 1. The third kappa shape index (κ3) is 4.59. The third-order valence-electron chi connectivity index (χ3n) is 4.19. The third-order valence-corrected chi connectivity index (χ3v) is 5.38. The highest BCUT2D eigenvalue weighted by atomic mass is 32.2. The lowest BCUT2D eigenvalue weighted by Crippen LogP contribution is -2.20. The van der Waals surface area contributed by atoms with Crippen molar-refractivity contribution in [3.63, 3.8) is 0 Å². The minimum atomic E-state index is -0.319. The van der Waals surface area contributed by atoms with Crippen LogP contribution in [0.25, 0.3) is 17.1 Å². The van der Waals surface area contributed by atoms with E-state index in [2.05, 4.69) is 22.1 Å². The Morgan fingerprint density at radius 2 is 1.96 bits per heavy atom. The van der Waals surface area contributed by atoms with Gasteiger partial charge in [-0.3, -0.25) is 14.3 Å². The number of aromatic nitrogens is 4. The molecule has 7 heteroatoms. The molecular weight excluding hydrogens is 372 g/mol. The molecule has 3 rings (SSSR count). The summed E-state index contributed by atoms with van der Waals surface area (Å²) in [5.41, 5.74) is 2.98. The minimum absolute atomic E-state index is 0.212. The normalized spacial score (nSPS) is 12.0. The Labute approximate surface area is 169 Å². The maximum Gasteiger partial charge on any atom is 0.319 e. The van der Waals surface area contributed by atoms with Crippen molar-refractivity contribution in [2.24, 2.45) is 0 Å². The fourth-order valence-electron chi connectivity index (χ4n) is 2.80. The molecule has 0 spiro atoms. The lowest BCUT2D eigenvalue weighted by atomic mass is 10.2. The number of pyridine rings is 1. The van der Waals surface area contributed by atoms with Gasteiger partial charge in [0.15, 0.2) is 11.0 Å². The van der Waals surface area contributed by atoms with Gasteiger partial charge in [-0.15, -0.1) is 10.2 Å². The second-order valence-corrected chi connectivity index (χ2v) is 7.54. The Balaban J connectivity index is 2.04. The van der Waals surface area contributed by atoms with Gasteiger partial charge in [0.05, 0.1) is 6.61 Å². The molecule has 0 aliphatic rings. The molecule has 0 aliphatic heterocycles. The zero-order valence-corrected chi connectivity index (χ0v) is 17.1. The van der Waals surface area contributed by atoms with Crippen molar-refractivity contribution in [2.45, 2.75) is 44.0 Å². The number of hydrogen-bond acceptors (Lipinski definition) is 6. The topological polar surface area (TPSA) is 69.9 Å². The molecule has 28 heavy (non-hydrogen) atoms. The van der Waals surface area contributed by atoms with E-state index in [0.29, 0.717) is 24.0 Å². The van der Waals surface area contributed by atoms with Crippen molar-refractivity contribution in [1.29, 1.82) is 0 Å². The molecule has 146 valence electrons. The Hall–Kier alpha value is -2.67. The van der Waals surface area contributed by atoms with E-state index in [0.717, 1.165) is 17.7 Å². The summed E-state index contributed by atoms with van der Waals surface area (Å²) >= 11 is 1.40. The van der Waals surface area contributed by atoms with Crippen LogP contribution in [0.15, 0.2) is 53.9 Å². The van der Waals surface area contributed by atoms with Gasteiger partial charge in [0, 0.05) is 23.6 Å². The molecule has 0 saturated carbocycles. The number of aryl methyl sites for hydroxylation is 1. The highest BCUT2D eigenvalue weighted by molar-refractivity contribution is 8.00. The maximum atomic E-state index is 12.4. The fraction of sp³-hybridized carbons (Fsp3) is 0.333. The predicted molar refractivity (Wildman–Crippen MR) is 111 cm³/mol. The summed E-state index contributed by atoms with van der Waals surface area (Å²) in [5.74, 6) is 0.481. The van der Waals surface area contributed by atoms with Crippen molar-refractivity contribution in [2.75, 3.05) is 6.61 Å². The van der Waals surface area contributed by atoms with E-state index >= 15 is 0 Å². The first-order valence-electron chi connectivity index (χ1n) is 9.40. The summed E-state index contributed by atoms with van der Waals surface area (Å²) in [5, 5.41) is 9.14. The zero-order chi connectivity index (χ0) is 19.9. The summed E-state index contributed by atoms with van der Waals surface area (Å²) < 4.78 is 7.23. The smallest absolute Gasteiger partial charge is 0.319 e. The number of thioether (sulfide) groups is 1. The van der Waals surface area contributed by atoms with Gasteiger partial charge in [0.2, 0.25) is 0 Å². The SMILES string of the molecule is CCC[C@H](Sc1nnc(-c2cccnc2)n1-c1ccc(C)cc1)C(=O)OCC. The summed E-state index contributed by atoms with van der Waals surface area (Å²) in [6, 6.07) is 12.0. The predicted octanol–water partition coefficient (Wildman–Crippen LogP) is 4.46. The molecule has 1 aromatic carbocycles. The molecule has 0 radical (unpaired) electrons. The van der Waals surface area contributed by atoms with Gasteiger partial charge in [0.25, 0.3) is 0 Å².